The summed E-state index contributed by atoms with van der Waals surface area (Å²) in [5, 5.41) is 46.6. The highest BCUT2D eigenvalue weighted by atomic mass is 16.6. The van der Waals surface area contributed by atoms with Crippen molar-refractivity contribution in [2.45, 2.75) is 0 Å². The lowest BCUT2D eigenvalue weighted by Crippen LogP contribution is -1.95. The Hall–Kier alpha value is -9.82. The molecule has 0 spiro atoms. The van der Waals surface area contributed by atoms with Crippen molar-refractivity contribution in [2.75, 3.05) is 0 Å². The quantitative estimate of drug-likeness (QED) is 0.116. The smallest absolute Gasteiger partial charge is 0.258 e. The van der Waals surface area contributed by atoms with E-state index < -0.39 is 19.7 Å². The molecule has 12 nitrogen and oxygen atoms in total. The number of nitro groups is 4. The summed E-state index contributed by atoms with van der Waals surface area (Å²) in [6.45, 7) is 0. The summed E-state index contributed by atoms with van der Waals surface area (Å²) in [6, 6.07) is 19.2. The molecule has 0 saturated heterocycles. The normalized spacial score (nSPS) is 10.6. The van der Waals surface area contributed by atoms with Gasteiger partial charge in [-0.05, 0) is 60.1 Å². The Morgan fingerprint density at radius 3 is 0.655 bits per heavy atom. The van der Waals surface area contributed by atoms with Crippen molar-refractivity contribution in [3.05, 3.63) is 192 Å². The van der Waals surface area contributed by atoms with Gasteiger partial charge in [0.05, 0.1) is 19.7 Å². The van der Waals surface area contributed by atoms with Crippen LogP contribution in [0.4, 0.5) is 22.7 Å². The topological polar surface area (TPSA) is 173 Å². The average Bonchev–Trinajstić information content (AvgIpc) is 3.21. The van der Waals surface area contributed by atoms with E-state index in [2.05, 4.69) is 94.7 Å². The summed E-state index contributed by atoms with van der Waals surface area (Å²) in [7, 11) is 0. The molecule has 266 valence electrons. The molecule has 0 aromatic heterocycles. The maximum atomic E-state index is 11.6. The van der Waals surface area contributed by atoms with Crippen molar-refractivity contribution in [2.24, 2.45) is 0 Å². The van der Waals surface area contributed by atoms with E-state index in [1.807, 2.05) is 0 Å². The first kappa shape index (κ1) is 36.5. The molecule has 0 saturated carbocycles. The van der Waals surface area contributed by atoms with E-state index in [9.17, 15) is 40.5 Å². The van der Waals surface area contributed by atoms with Crippen LogP contribution in [0.25, 0.3) is 0 Å². The fraction of sp³-hybridized carbons (Fsp3) is 0. The van der Waals surface area contributed by atoms with Gasteiger partial charge < -0.3 is 0 Å². The molecule has 7 rings (SSSR count). The number of rotatable bonds is 4. The molecule has 5 aromatic carbocycles. The van der Waals surface area contributed by atoms with Gasteiger partial charge >= 0.3 is 0 Å². The van der Waals surface area contributed by atoms with Crippen LogP contribution in [-0.4, -0.2) is 19.7 Å². The van der Waals surface area contributed by atoms with Crippen molar-refractivity contribution in [3.63, 3.8) is 0 Å². The lowest BCUT2D eigenvalue weighted by Gasteiger charge is -2.04. The highest BCUT2D eigenvalue weighted by Crippen LogP contribution is 2.23. The van der Waals surface area contributed by atoms with Gasteiger partial charge in [-0.2, -0.15) is 0 Å². The molecule has 0 atom stereocenters. The van der Waals surface area contributed by atoms with Gasteiger partial charge in [-0.1, -0.05) is 71.0 Å². The maximum absolute atomic E-state index is 11.6. The molecular weight excluding hydrogens is 737 g/mol. The summed E-state index contributed by atoms with van der Waals surface area (Å²) < 4.78 is 0. The standard InChI is InChI=1S/C46H14N4O8/c51-47(52)43-21-17-31-9-13-39-25-40(14-10-32-18-22-44(48(53)54)28-36(32)6-2-1-5-35(31)27-43)42-16-12-34-20-24-46(50(57)58)30-38(34)8-4-3-7-37-29-45(49(55)56)23-19-33(37)11-15-41(39)26-42/h17-30H. The van der Waals surface area contributed by atoms with Crippen LogP contribution < -0.4 is 0 Å². The zero-order valence-electron chi connectivity index (χ0n) is 29.1. The molecule has 0 aliphatic heterocycles. The van der Waals surface area contributed by atoms with E-state index in [1.165, 1.54) is 72.8 Å². The van der Waals surface area contributed by atoms with E-state index >= 15 is 0 Å². The van der Waals surface area contributed by atoms with Crippen molar-refractivity contribution >= 4 is 22.7 Å². The Bertz CT molecular complexity index is 2870. The molecule has 12 heteroatoms. The van der Waals surface area contributed by atoms with Gasteiger partial charge in [0.2, 0.25) is 0 Å². The highest BCUT2D eigenvalue weighted by Gasteiger charge is 2.14. The minimum Gasteiger partial charge on any atom is -0.258 e. The third-order valence-electron chi connectivity index (χ3n) is 8.25. The molecule has 0 fully saturated rings. The molecule has 0 unspecified atom stereocenters. The second-order valence-electron chi connectivity index (χ2n) is 11.9. The largest absolute Gasteiger partial charge is 0.270 e. The van der Waals surface area contributed by atoms with Crippen molar-refractivity contribution in [3.8, 4) is 94.7 Å². The van der Waals surface area contributed by atoms with Gasteiger partial charge in [-0.25, -0.2) is 0 Å². The molecule has 4 bridgehead atoms. The van der Waals surface area contributed by atoms with Crippen LogP contribution in [-0.2, 0) is 0 Å². The van der Waals surface area contributed by atoms with E-state index in [0.717, 1.165) is 0 Å². The summed E-state index contributed by atoms with van der Waals surface area (Å²) in [6.07, 6.45) is 0. The minimum absolute atomic E-state index is 0.192. The molecular formula is C46H14N4O8. The van der Waals surface area contributed by atoms with Crippen LogP contribution in [0.1, 0.15) is 66.8 Å². The number of fused-ring (bicyclic) bond motifs is 10. The number of hydrogen-bond donors (Lipinski definition) is 0. The Labute approximate surface area is 328 Å². The van der Waals surface area contributed by atoms with Gasteiger partial charge in [0.25, 0.3) is 22.7 Å². The van der Waals surface area contributed by atoms with Crippen molar-refractivity contribution < 1.29 is 19.7 Å². The first-order valence-electron chi connectivity index (χ1n) is 16.5. The Balaban J connectivity index is 1.56. The highest BCUT2D eigenvalue weighted by molar-refractivity contribution is 5.69. The molecule has 58 heavy (non-hydrogen) atoms. The molecule has 2 aliphatic rings. The first-order valence-corrected chi connectivity index (χ1v) is 16.5. The zero-order valence-corrected chi connectivity index (χ0v) is 29.1. The monoisotopic (exact) mass is 750 g/mol. The predicted molar refractivity (Wildman–Crippen MR) is 210 cm³/mol. The lowest BCUT2D eigenvalue weighted by molar-refractivity contribution is -0.385. The third-order valence-corrected chi connectivity index (χ3v) is 8.25. The van der Waals surface area contributed by atoms with Gasteiger partial charge in [-0.15, -0.1) is 0 Å². The number of non-ortho nitro benzene ring substituents is 4. The van der Waals surface area contributed by atoms with Crippen LogP contribution in [0.2, 0.25) is 0 Å². The Morgan fingerprint density at radius 1 is 0.259 bits per heavy atom. The van der Waals surface area contributed by atoms with Crippen LogP contribution in [0.15, 0.2) is 84.9 Å². The summed E-state index contributed by atoms with van der Waals surface area (Å²) in [4.78, 5) is 44.3. The summed E-state index contributed by atoms with van der Waals surface area (Å²) >= 11 is 0. The second-order valence-corrected chi connectivity index (χ2v) is 11.9. The first-order chi connectivity index (χ1) is 28.0. The molecule has 0 amide bonds. The number of hydrogen-bond acceptors (Lipinski definition) is 8. The number of nitro benzene ring substituents is 4. The molecule has 2 aliphatic carbocycles. The van der Waals surface area contributed by atoms with Crippen LogP contribution in [0, 0.1) is 135 Å². The van der Waals surface area contributed by atoms with Gasteiger partial charge in [-0.3, -0.25) is 40.5 Å². The van der Waals surface area contributed by atoms with Crippen LogP contribution >= 0.6 is 0 Å². The van der Waals surface area contributed by atoms with E-state index in [-0.39, 0.29) is 45.0 Å². The fourth-order valence-electron chi connectivity index (χ4n) is 5.38. The third kappa shape index (κ3) is 8.05. The van der Waals surface area contributed by atoms with Gasteiger partial charge in [0, 0.05) is 115 Å². The van der Waals surface area contributed by atoms with Crippen molar-refractivity contribution in [1.29, 1.82) is 0 Å². The lowest BCUT2D eigenvalue weighted by atomic mass is 9.96. The minimum atomic E-state index is -0.577. The van der Waals surface area contributed by atoms with Crippen molar-refractivity contribution in [1.82, 2.24) is 0 Å². The van der Waals surface area contributed by atoms with Gasteiger partial charge in [0.15, 0.2) is 0 Å². The molecule has 0 radical (unpaired) electrons. The molecule has 0 N–H and O–H groups in total. The summed E-state index contributed by atoms with van der Waals surface area (Å²) in [5.74, 6) is 46.2. The molecule has 0 heterocycles. The second kappa shape index (κ2) is 15.7. The summed E-state index contributed by atoms with van der Waals surface area (Å²) in [5.41, 5.74) is 2.46. The van der Waals surface area contributed by atoms with E-state index in [0.29, 0.717) is 44.5 Å². The predicted octanol–water partition coefficient (Wildman–Crippen LogP) is 6.35. The van der Waals surface area contributed by atoms with E-state index in [1.54, 1.807) is 12.1 Å². The Morgan fingerprint density at radius 2 is 0.448 bits per heavy atom. The Kier molecular flexibility index (Phi) is 9.86. The SMILES string of the molecule is O=[N+]([O-])c1ccc2c(c1)C#CC#Cc1cc([N+](=O)[O-])ccc1C#Cc1cc(c3cc1C#Cc1ccc([N+](=O)[O-])cc1C#CC#Cc1cc([N+](=O)[O-])ccc1C#C3)C#C2. The van der Waals surface area contributed by atoms with Crippen LogP contribution in [0.3, 0.4) is 0 Å². The number of benzene rings is 5. The maximum Gasteiger partial charge on any atom is 0.270 e. The average molecular weight is 751 g/mol. The number of nitrogens with zero attached hydrogens (tertiary/aromatic N) is 4. The fourth-order valence-corrected chi connectivity index (χ4v) is 5.38. The van der Waals surface area contributed by atoms with E-state index in [4.69, 9.17) is 0 Å². The van der Waals surface area contributed by atoms with Gasteiger partial charge in [0.1, 0.15) is 0 Å². The zero-order chi connectivity index (χ0) is 40.8. The molecule has 5 aromatic rings. The van der Waals surface area contributed by atoms with Crippen LogP contribution in [0.5, 0.6) is 0 Å².